The highest BCUT2D eigenvalue weighted by molar-refractivity contribution is 6.30. The van der Waals surface area contributed by atoms with E-state index in [2.05, 4.69) is 15.5 Å². The van der Waals surface area contributed by atoms with Crippen LogP contribution >= 0.6 is 11.6 Å². The zero-order valence-electron chi connectivity index (χ0n) is 13.1. The van der Waals surface area contributed by atoms with Crippen LogP contribution in [0, 0.1) is 12.8 Å². The summed E-state index contributed by atoms with van der Waals surface area (Å²) < 4.78 is 0. The number of carbonyl (C=O) groups excluding carboxylic acids is 1. The predicted octanol–water partition coefficient (Wildman–Crippen LogP) is 4.10. The molecule has 0 aliphatic heterocycles. The summed E-state index contributed by atoms with van der Waals surface area (Å²) in [6.45, 7) is 1.80. The molecule has 1 aromatic carbocycles. The number of rotatable bonds is 4. The van der Waals surface area contributed by atoms with Crippen LogP contribution in [0.2, 0.25) is 5.02 Å². The third-order valence-electron chi connectivity index (χ3n) is 4.52. The van der Waals surface area contributed by atoms with E-state index in [1.807, 2.05) is 24.3 Å². The summed E-state index contributed by atoms with van der Waals surface area (Å²) in [5, 5.41) is 11.7. The van der Waals surface area contributed by atoms with Gasteiger partial charge in [-0.1, -0.05) is 36.6 Å². The van der Waals surface area contributed by atoms with Crippen LogP contribution in [0.4, 0.5) is 0 Å². The van der Waals surface area contributed by atoms with Crippen molar-refractivity contribution in [3.05, 3.63) is 58.4 Å². The molecule has 0 saturated heterocycles. The molecule has 3 rings (SSSR count). The molecule has 1 N–H and O–H groups in total. The van der Waals surface area contributed by atoms with Gasteiger partial charge in [-0.2, -0.15) is 10.2 Å². The first-order chi connectivity index (χ1) is 11.1. The van der Waals surface area contributed by atoms with E-state index in [4.69, 9.17) is 11.6 Å². The molecule has 1 amide bonds. The molecule has 1 fully saturated rings. The lowest BCUT2D eigenvalue weighted by Gasteiger charge is -2.25. The fourth-order valence-corrected chi connectivity index (χ4v) is 3.52. The second kappa shape index (κ2) is 7.09. The lowest BCUT2D eigenvalue weighted by molar-refractivity contribution is 0.0920. The Hall–Kier alpha value is -1.94. The van der Waals surface area contributed by atoms with E-state index in [0.717, 1.165) is 18.4 Å². The van der Waals surface area contributed by atoms with E-state index < -0.39 is 0 Å². The Morgan fingerprint density at radius 3 is 2.78 bits per heavy atom. The summed E-state index contributed by atoms with van der Waals surface area (Å²) in [7, 11) is 0. The fraction of sp³-hybridized carbons (Fsp3) is 0.389. The van der Waals surface area contributed by atoms with Gasteiger partial charge in [-0.25, -0.2) is 0 Å². The van der Waals surface area contributed by atoms with Gasteiger partial charge in [0.15, 0.2) is 0 Å². The summed E-state index contributed by atoms with van der Waals surface area (Å²) in [6.07, 6.45) is 6.24. The molecular formula is C18H20ClN3O. The normalized spacial score (nSPS) is 16.3. The van der Waals surface area contributed by atoms with Gasteiger partial charge in [-0.15, -0.1) is 0 Å². The van der Waals surface area contributed by atoms with Crippen molar-refractivity contribution in [2.45, 2.75) is 38.6 Å². The summed E-state index contributed by atoms with van der Waals surface area (Å²) in [4.78, 5) is 12.7. The van der Waals surface area contributed by atoms with Crippen LogP contribution in [0.25, 0.3) is 0 Å². The first-order valence-corrected chi connectivity index (χ1v) is 8.37. The highest BCUT2D eigenvalue weighted by Crippen LogP contribution is 2.36. The Bertz CT molecular complexity index is 698. The number of nitrogens with one attached hydrogen (secondary N) is 1. The smallest absolute Gasteiger partial charge is 0.253 e. The van der Waals surface area contributed by atoms with Crippen LogP contribution in [0.15, 0.2) is 36.5 Å². The fourth-order valence-electron chi connectivity index (χ4n) is 3.33. The molecule has 4 nitrogen and oxygen atoms in total. The van der Waals surface area contributed by atoms with Crippen LogP contribution in [-0.2, 0) is 0 Å². The maximum absolute atomic E-state index is 12.7. The van der Waals surface area contributed by atoms with Crippen LogP contribution < -0.4 is 5.32 Å². The van der Waals surface area contributed by atoms with E-state index in [1.54, 1.807) is 19.2 Å². The Labute approximate surface area is 141 Å². The quantitative estimate of drug-likeness (QED) is 0.918. The van der Waals surface area contributed by atoms with Crippen molar-refractivity contribution in [2.24, 2.45) is 5.92 Å². The van der Waals surface area contributed by atoms with Crippen molar-refractivity contribution in [3.8, 4) is 0 Å². The number of hydrogen-bond donors (Lipinski definition) is 1. The molecule has 1 saturated carbocycles. The lowest BCUT2D eigenvalue weighted by Crippen LogP contribution is -2.33. The van der Waals surface area contributed by atoms with Crippen LogP contribution in [0.3, 0.4) is 0 Å². The minimum atomic E-state index is -0.103. The monoisotopic (exact) mass is 329 g/mol. The van der Waals surface area contributed by atoms with Gasteiger partial charge in [0.2, 0.25) is 0 Å². The second-order valence-electron chi connectivity index (χ2n) is 6.08. The number of halogens is 1. The third-order valence-corrected chi connectivity index (χ3v) is 4.75. The summed E-state index contributed by atoms with van der Waals surface area (Å²) >= 11 is 6.14. The second-order valence-corrected chi connectivity index (χ2v) is 6.52. The van der Waals surface area contributed by atoms with Gasteiger partial charge in [0.25, 0.3) is 5.91 Å². The predicted molar refractivity (Wildman–Crippen MR) is 90.4 cm³/mol. The van der Waals surface area contributed by atoms with Gasteiger partial charge in [0.05, 0.1) is 23.5 Å². The van der Waals surface area contributed by atoms with Crippen LogP contribution in [0.1, 0.15) is 53.3 Å². The van der Waals surface area contributed by atoms with Gasteiger partial charge in [0.1, 0.15) is 0 Å². The third kappa shape index (κ3) is 3.70. The highest BCUT2D eigenvalue weighted by atomic mass is 35.5. The standard InChI is InChI=1S/C18H20ClN3O/c1-12-16(9-10-20-22-12)18(23)21-17(13-5-2-3-6-13)14-7-4-8-15(19)11-14/h4,7-11,13,17H,2-3,5-6H2,1H3,(H,21,23). The Morgan fingerprint density at radius 1 is 1.30 bits per heavy atom. The van der Waals surface area contributed by atoms with E-state index >= 15 is 0 Å². The number of benzene rings is 1. The van der Waals surface area contributed by atoms with E-state index in [-0.39, 0.29) is 11.9 Å². The van der Waals surface area contributed by atoms with Gasteiger partial charge < -0.3 is 5.32 Å². The SMILES string of the molecule is Cc1nnccc1C(=O)NC(c1cccc(Cl)c1)C1CCCC1. The molecule has 5 heteroatoms. The van der Waals surface area contributed by atoms with Gasteiger partial charge in [-0.3, -0.25) is 4.79 Å². The van der Waals surface area contributed by atoms with Crippen molar-refractivity contribution in [1.82, 2.24) is 15.5 Å². The minimum absolute atomic E-state index is 0.0173. The zero-order valence-corrected chi connectivity index (χ0v) is 13.9. The molecule has 1 unspecified atom stereocenters. The average Bonchev–Trinajstić information content (AvgIpc) is 3.07. The van der Waals surface area contributed by atoms with Crippen molar-refractivity contribution >= 4 is 17.5 Å². The number of carbonyl (C=O) groups is 1. The van der Waals surface area contributed by atoms with Crippen LogP contribution in [-0.4, -0.2) is 16.1 Å². The molecule has 120 valence electrons. The molecule has 1 aromatic heterocycles. The Balaban J connectivity index is 1.87. The number of amides is 1. The van der Waals surface area contributed by atoms with E-state index in [9.17, 15) is 4.79 Å². The summed E-state index contributed by atoms with van der Waals surface area (Å²) in [6, 6.07) is 9.47. The minimum Gasteiger partial charge on any atom is -0.345 e. The molecule has 1 atom stereocenters. The molecule has 1 aliphatic rings. The molecule has 1 aliphatic carbocycles. The first-order valence-electron chi connectivity index (χ1n) is 8.00. The molecule has 0 bridgehead atoms. The molecular weight excluding hydrogens is 310 g/mol. The highest BCUT2D eigenvalue weighted by Gasteiger charge is 2.28. The number of hydrogen-bond acceptors (Lipinski definition) is 3. The van der Waals surface area contributed by atoms with Gasteiger partial charge in [-0.05, 0) is 49.4 Å². The van der Waals surface area contributed by atoms with E-state index in [1.165, 1.54) is 12.8 Å². The average molecular weight is 330 g/mol. The maximum Gasteiger partial charge on any atom is 0.253 e. The van der Waals surface area contributed by atoms with Crippen molar-refractivity contribution < 1.29 is 4.79 Å². The maximum atomic E-state index is 12.7. The lowest BCUT2D eigenvalue weighted by atomic mass is 9.91. The largest absolute Gasteiger partial charge is 0.345 e. The van der Waals surface area contributed by atoms with Crippen LogP contribution in [0.5, 0.6) is 0 Å². The summed E-state index contributed by atoms with van der Waals surface area (Å²) in [5.74, 6) is 0.349. The van der Waals surface area contributed by atoms with Gasteiger partial charge in [0, 0.05) is 5.02 Å². The van der Waals surface area contributed by atoms with Crippen molar-refractivity contribution in [1.29, 1.82) is 0 Å². The molecule has 1 heterocycles. The Morgan fingerprint density at radius 2 is 2.09 bits per heavy atom. The van der Waals surface area contributed by atoms with Gasteiger partial charge >= 0.3 is 0 Å². The van der Waals surface area contributed by atoms with Crippen molar-refractivity contribution in [3.63, 3.8) is 0 Å². The summed E-state index contributed by atoms with van der Waals surface area (Å²) in [5.41, 5.74) is 2.28. The Kier molecular flexibility index (Phi) is 4.91. The molecule has 2 aromatic rings. The zero-order chi connectivity index (χ0) is 16.2. The number of aromatic nitrogens is 2. The van der Waals surface area contributed by atoms with Crippen molar-refractivity contribution in [2.75, 3.05) is 0 Å². The topological polar surface area (TPSA) is 54.9 Å². The first kappa shape index (κ1) is 15.9. The van der Waals surface area contributed by atoms with E-state index in [0.29, 0.717) is 22.2 Å². The molecule has 0 radical (unpaired) electrons. The number of aryl methyl sites for hydroxylation is 1. The molecule has 23 heavy (non-hydrogen) atoms. The molecule has 0 spiro atoms. The number of nitrogens with zero attached hydrogens (tertiary/aromatic N) is 2.